The molecule has 0 radical (unpaired) electrons. The molecule has 0 aromatic heterocycles. The highest BCUT2D eigenvalue weighted by atomic mass is 16.7. The van der Waals surface area contributed by atoms with E-state index in [9.17, 15) is 10.2 Å². The lowest BCUT2D eigenvalue weighted by molar-refractivity contribution is -0.124. The predicted molar refractivity (Wildman–Crippen MR) is 114 cm³/mol. The molecule has 7 atom stereocenters. The largest absolute Gasteiger partial charge is 0.390 e. The summed E-state index contributed by atoms with van der Waals surface area (Å²) in [5.74, 6) is 1.84. The van der Waals surface area contributed by atoms with Crippen LogP contribution in [0.25, 0.3) is 0 Å². The Morgan fingerprint density at radius 3 is 2.59 bits per heavy atom. The van der Waals surface area contributed by atoms with E-state index in [4.69, 9.17) is 9.47 Å². The SMILES string of the molecule is C=C1C[C@H]2[C@@H]3CC=C4C[C@](O)(CCC(OC)OC)CC[C@]4(C)[C@H]3CC[C@]2(C)[C@@H]1O. The van der Waals surface area contributed by atoms with Gasteiger partial charge in [0.1, 0.15) is 0 Å². The summed E-state index contributed by atoms with van der Waals surface area (Å²) < 4.78 is 10.6. The van der Waals surface area contributed by atoms with Crippen LogP contribution in [-0.4, -0.2) is 42.4 Å². The third-order valence-corrected chi connectivity index (χ3v) is 9.56. The number of ether oxygens (including phenoxy) is 2. The minimum absolute atomic E-state index is 0.00464. The van der Waals surface area contributed by atoms with Gasteiger partial charge in [-0.3, -0.25) is 0 Å². The van der Waals surface area contributed by atoms with Crippen LogP contribution in [0.1, 0.15) is 71.6 Å². The molecule has 0 spiro atoms. The summed E-state index contributed by atoms with van der Waals surface area (Å²) in [5, 5.41) is 22.1. The summed E-state index contributed by atoms with van der Waals surface area (Å²) in [4.78, 5) is 0. The van der Waals surface area contributed by atoms with Crippen molar-refractivity contribution in [1.29, 1.82) is 0 Å². The van der Waals surface area contributed by atoms with Crippen molar-refractivity contribution in [3.63, 3.8) is 0 Å². The smallest absolute Gasteiger partial charge is 0.156 e. The summed E-state index contributed by atoms with van der Waals surface area (Å²) in [6.07, 6.45) is 10.3. The van der Waals surface area contributed by atoms with E-state index >= 15 is 0 Å². The number of allylic oxidation sites excluding steroid dienone is 1. The van der Waals surface area contributed by atoms with Crippen LogP contribution in [0.2, 0.25) is 0 Å². The van der Waals surface area contributed by atoms with Crippen molar-refractivity contribution in [2.75, 3.05) is 14.2 Å². The predicted octanol–water partition coefficient (Wildman–Crippen LogP) is 4.61. The van der Waals surface area contributed by atoms with Crippen molar-refractivity contribution in [3.05, 3.63) is 23.8 Å². The van der Waals surface area contributed by atoms with Gasteiger partial charge in [-0.25, -0.2) is 0 Å². The molecule has 4 rings (SSSR count). The molecule has 3 fully saturated rings. The maximum absolute atomic E-state index is 11.3. The summed E-state index contributed by atoms with van der Waals surface area (Å²) in [6, 6.07) is 0. The highest BCUT2D eigenvalue weighted by Crippen LogP contribution is 2.66. The Bertz CT molecular complexity index is 682. The molecule has 0 aromatic rings. The molecule has 0 bridgehead atoms. The van der Waals surface area contributed by atoms with E-state index in [2.05, 4.69) is 26.5 Å². The maximum Gasteiger partial charge on any atom is 0.156 e. The molecule has 2 N–H and O–H groups in total. The third-order valence-electron chi connectivity index (χ3n) is 9.56. The topological polar surface area (TPSA) is 58.9 Å². The number of hydrogen-bond acceptors (Lipinski definition) is 4. The van der Waals surface area contributed by atoms with E-state index in [1.807, 2.05) is 0 Å². The van der Waals surface area contributed by atoms with Gasteiger partial charge in [0.05, 0.1) is 11.7 Å². The first-order chi connectivity index (χ1) is 13.7. The molecule has 0 heterocycles. The molecule has 4 aliphatic carbocycles. The first-order valence-electron chi connectivity index (χ1n) is 11.5. The molecule has 4 nitrogen and oxygen atoms in total. The summed E-state index contributed by atoms with van der Waals surface area (Å²) in [5.41, 5.74) is 2.06. The molecule has 0 aromatic carbocycles. The molecule has 164 valence electrons. The van der Waals surface area contributed by atoms with Crippen molar-refractivity contribution in [1.82, 2.24) is 0 Å². The van der Waals surface area contributed by atoms with Gasteiger partial charge in [0.15, 0.2) is 6.29 Å². The molecular weight excluding hydrogens is 364 g/mol. The Morgan fingerprint density at radius 2 is 1.90 bits per heavy atom. The zero-order chi connectivity index (χ0) is 21.0. The van der Waals surface area contributed by atoms with E-state index in [-0.39, 0.29) is 23.2 Å². The van der Waals surface area contributed by atoms with Crippen molar-refractivity contribution in [2.24, 2.45) is 28.6 Å². The van der Waals surface area contributed by atoms with Gasteiger partial charge in [0.2, 0.25) is 0 Å². The van der Waals surface area contributed by atoms with Crippen LogP contribution in [-0.2, 0) is 9.47 Å². The minimum atomic E-state index is -0.644. The van der Waals surface area contributed by atoms with Crippen molar-refractivity contribution >= 4 is 0 Å². The number of aliphatic hydroxyl groups excluding tert-OH is 1. The van der Waals surface area contributed by atoms with Gasteiger partial charge in [-0.2, -0.15) is 0 Å². The Hall–Kier alpha value is -0.680. The van der Waals surface area contributed by atoms with Gasteiger partial charge < -0.3 is 19.7 Å². The van der Waals surface area contributed by atoms with Gasteiger partial charge in [-0.15, -0.1) is 0 Å². The minimum Gasteiger partial charge on any atom is -0.390 e. The van der Waals surface area contributed by atoms with Crippen LogP contribution in [0.5, 0.6) is 0 Å². The normalized spacial score (nSPS) is 46.9. The van der Waals surface area contributed by atoms with Crippen molar-refractivity contribution in [3.8, 4) is 0 Å². The maximum atomic E-state index is 11.3. The number of hydrogen-bond donors (Lipinski definition) is 2. The molecule has 29 heavy (non-hydrogen) atoms. The lowest BCUT2D eigenvalue weighted by atomic mass is 9.47. The van der Waals surface area contributed by atoms with E-state index in [0.29, 0.717) is 24.2 Å². The highest BCUT2D eigenvalue weighted by molar-refractivity contribution is 5.29. The average molecular weight is 405 g/mol. The summed E-state index contributed by atoms with van der Waals surface area (Å²) in [6.45, 7) is 8.93. The third kappa shape index (κ3) is 3.35. The van der Waals surface area contributed by atoms with E-state index < -0.39 is 5.60 Å². The molecule has 0 saturated heterocycles. The van der Waals surface area contributed by atoms with E-state index in [1.165, 1.54) is 12.0 Å². The second kappa shape index (κ2) is 7.47. The zero-order valence-electron chi connectivity index (χ0n) is 18.7. The Balaban J connectivity index is 1.52. The quantitative estimate of drug-likeness (QED) is 0.519. The first kappa shape index (κ1) is 21.5. The van der Waals surface area contributed by atoms with Gasteiger partial charge in [0.25, 0.3) is 0 Å². The number of fused-ring (bicyclic) bond motifs is 5. The fourth-order valence-corrected chi connectivity index (χ4v) is 7.58. The molecule has 4 aliphatic rings. The Kier molecular flexibility index (Phi) is 5.55. The molecule has 3 saturated carbocycles. The van der Waals surface area contributed by atoms with Gasteiger partial charge in [-0.05, 0) is 80.1 Å². The van der Waals surface area contributed by atoms with Crippen molar-refractivity contribution in [2.45, 2.75) is 89.6 Å². The molecule has 0 aliphatic heterocycles. The summed E-state index contributed by atoms with van der Waals surface area (Å²) >= 11 is 0. The molecule has 0 unspecified atom stereocenters. The number of aliphatic hydroxyl groups is 2. The lowest BCUT2D eigenvalue weighted by Gasteiger charge is -2.58. The standard InChI is InChI=1S/C25H40O4/c1-16-14-20-18-7-6-17-15-25(27,11-9-21(28-4)29-5)13-12-23(17,2)19(18)8-10-24(20,3)22(16)26/h6,18-22,26-27H,1,7-15H2,2-5H3/t18-,19+,20+,22-,23+,24+,25+/m1/s1. The van der Waals surface area contributed by atoms with Gasteiger partial charge >= 0.3 is 0 Å². The van der Waals surface area contributed by atoms with Crippen molar-refractivity contribution < 1.29 is 19.7 Å². The lowest BCUT2D eigenvalue weighted by Crippen LogP contribution is -2.52. The van der Waals surface area contributed by atoms with Crippen LogP contribution in [0.3, 0.4) is 0 Å². The second-order valence-electron chi connectivity index (χ2n) is 10.9. The Labute approximate surface area is 176 Å². The molecule has 0 amide bonds. The van der Waals surface area contributed by atoms with Crippen LogP contribution < -0.4 is 0 Å². The molecular formula is C25H40O4. The fourth-order valence-electron chi connectivity index (χ4n) is 7.58. The van der Waals surface area contributed by atoms with Gasteiger partial charge in [-0.1, -0.05) is 32.1 Å². The first-order valence-corrected chi connectivity index (χ1v) is 11.5. The summed E-state index contributed by atoms with van der Waals surface area (Å²) in [7, 11) is 3.32. The Morgan fingerprint density at radius 1 is 1.17 bits per heavy atom. The van der Waals surface area contributed by atoms with Crippen LogP contribution in [0.15, 0.2) is 23.8 Å². The van der Waals surface area contributed by atoms with Crippen LogP contribution in [0, 0.1) is 28.6 Å². The van der Waals surface area contributed by atoms with Crippen LogP contribution in [0.4, 0.5) is 0 Å². The van der Waals surface area contributed by atoms with E-state index in [1.54, 1.807) is 14.2 Å². The average Bonchev–Trinajstić information content (AvgIpc) is 2.93. The van der Waals surface area contributed by atoms with Gasteiger partial charge in [0, 0.05) is 26.1 Å². The zero-order valence-corrected chi connectivity index (χ0v) is 18.7. The van der Waals surface area contributed by atoms with Crippen LogP contribution >= 0.6 is 0 Å². The highest BCUT2D eigenvalue weighted by Gasteiger charge is 2.60. The van der Waals surface area contributed by atoms with E-state index in [0.717, 1.165) is 50.5 Å². The number of rotatable bonds is 5. The monoisotopic (exact) mass is 404 g/mol. The second-order valence-corrected chi connectivity index (χ2v) is 10.9. The fraction of sp³-hybridized carbons (Fsp3) is 0.840. The number of methoxy groups -OCH3 is 2. The molecule has 4 heteroatoms.